The summed E-state index contributed by atoms with van der Waals surface area (Å²) in [6, 6.07) is 15.4. The molecule has 1 amide bonds. The third-order valence-corrected chi connectivity index (χ3v) is 3.22. The molecule has 2 rings (SSSR count). The molecule has 0 radical (unpaired) electrons. The van der Waals surface area contributed by atoms with Gasteiger partial charge in [-0.05, 0) is 30.7 Å². The molecule has 1 N–H and O–H groups in total. The number of hydrogen-bond donors (Lipinski definition) is 1. The van der Waals surface area contributed by atoms with Crippen molar-refractivity contribution in [3.63, 3.8) is 0 Å². The van der Waals surface area contributed by atoms with Crippen LogP contribution in [0.4, 0.5) is 0 Å². The number of ether oxygens (including phenoxy) is 2. The SMILES string of the molecule is CCOc1ccc(C(=O)NC)cc1COCc1ccccc1. The molecule has 0 atom stereocenters. The van der Waals surface area contributed by atoms with Crippen molar-refractivity contribution in [2.75, 3.05) is 13.7 Å². The summed E-state index contributed by atoms with van der Waals surface area (Å²) in [6.45, 7) is 3.43. The van der Waals surface area contributed by atoms with Crippen LogP contribution in [0.1, 0.15) is 28.4 Å². The van der Waals surface area contributed by atoms with Gasteiger partial charge in [-0.3, -0.25) is 4.79 Å². The molecule has 4 nitrogen and oxygen atoms in total. The van der Waals surface area contributed by atoms with E-state index in [-0.39, 0.29) is 5.91 Å². The molecule has 0 aliphatic carbocycles. The molecule has 2 aromatic rings. The van der Waals surface area contributed by atoms with Crippen molar-refractivity contribution in [2.24, 2.45) is 0 Å². The Morgan fingerprint density at radius 3 is 2.55 bits per heavy atom. The maximum absolute atomic E-state index is 11.7. The van der Waals surface area contributed by atoms with Crippen LogP contribution in [0.3, 0.4) is 0 Å². The number of amides is 1. The third kappa shape index (κ3) is 4.33. The van der Waals surface area contributed by atoms with Crippen molar-refractivity contribution in [2.45, 2.75) is 20.1 Å². The second kappa shape index (κ2) is 8.20. The Bertz CT molecular complexity index is 611. The van der Waals surface area contributed by atoms with E-state index in [1.165, 1.54) is 0 Å². The lowest BCUT2D eigenvalue weighted by molar-refractivity contribution is 0.0960. The minimum absolute atomic E-state index is 0.118. The molecule has 2 aromatic carbocycles. The summed E-state index contributed by atoms with van der Waals surface area (Å²) < 4.78 is 11.3. The van der Waals surface area contributed by atoms with Crippen LogP contribution in [0.5, 0.6) is 5.75 Å². The van der Waals surface area contributed by atoms with E-state index < -0.39 is 0 Å². The lowest BCUT2D eigenvalue weighted by atomic mass is 10.1. The Kier molecular flexibility index (Phi) is 5.98. The zero-order valence-corrected chi connectivity index (χ0v) is 13.0. The Morgan fingerprint density at radius 1 is 1.09 bits per heavy atom. The second-order valence-electron chi connectivity index (χ2n) is 4.81. The summed E-state index contributed by atoms with van der Waals surface area (Å²) in [5.74, 6) is 0.635. The topological polar surface area (TPSA) is 47.6 Å². The summed E-state index contributed by atoms with van der Waals surface area (Å²) in [7, 11) is 1.62. The maximum Gasteiger partial charge on any atom is 0.251 e. The Morgan fingerprint density at radius 2 is 1.86 bits per heavy atom. The molecule has 4 heteroatoms. The molecule has 0 bridgehead atoms. The van der Waals surface area contributed by atoms with Gasteiger partial charge in [-0.15, -0.1) is 0 Å². The first-order valence-corrected chi connectivity index (χ1v) is 7.34. The van der Waals surface area contributed by atoms with E-state index in [0.29, 0.717) is 25.4 Å². The zero-order chi connectivity index (χ0) is 15.8. The molecule has 0 aromatic heterocycles. The number of carbonyl (C=O) groups is 1. The van der Waals surface area contributed by atoms with E-state index >= 15 is 0 Å². The molecule has 0 saturated heterocycles. The van der Waals surface area contributed by atoms with Gasteiger partial charge < -0.3 is 14.8 Å². The number of rotatable bonds is 7. The molecular formula is C18H21NO3. The number of carbonyl (C=O) groups excluding carboxylic acids is 1. The summed E-state index contributed by atoms with van der Waals surface area (Å²) in [5, 5.41) is 2.62. The highest BCUT2D eigenvalue weighted by Gasteiger charge is 2.09. The van der Waals surface area contributed by atoms with Crippen LogP contribution in [-0.4, -0.2) is 19.6 Å². The number of benzene rings is 2. The van der Waals surface area contributed by atoms with Crippen molar-refractivity contribution in [1.29, 1.82) is 0 Å². The van der Waals surface area contributed by atoms with Crippen LogP contribution in [0, 0.1) is 0 Å². The fourth-order valence-corrected chi connectivity index (χ4v) is 2.13. The van der Waals surface area contributed by atoms with Crippen molar-refractivity contribution < 1.29 is 14.3 Å². The average molecular weight is 299 g/mol. The molecule has 0 aliphatic heterocycles. The van der Waals surface area contributed by atoms with Gasteiger partial charge in [0.05, 0.1) is 19.8 Å². The van der Waals surface area contributed by atoms with Crippen molar-refractivity contribution >= 4 is 5.91 Å². The number of nitrogens with one attached hydrogen (secondary N) is 1. The van der Waals surface area contributed by atoms with Gasteiger partial charge in [0.2, 0.25) is 0 Å². The molecule has 0 aliphatic rings. The van der Waals surface area contributed by atoms with E-state index in [1.807, 2.05) is 49.4 Å². The molecule has 0 unspecified atom stereocenters. The Labute approximate surface area is 131 Å². The average Bonchev–Trinajstić information content (AvgIpc) is 2.56. The van der Waals surface area contributed by atoms with Crippen molar-refractivity contribution in [3.05, 3.63) is 65.2 Å². The largest absolute Gasteiger partial charge is 0.494 e. The molecule has 0 heterocycles. The van der Waals surface area contributed by atoms with Gasteiger partial charge in [0.15, 0.2) is 0 Å². The summed E-state index contributed by atoms with van der Waals surface area (Å²) in [4.78, 5) is 11.7. The second-order valence-corrected chi connectivity index (χ2v) is 4.81. The fourth-order valence-electron chi connectivity index (χ4n) is 2.13. The van der Waals surface area contributed by atoms with E-state index in [9.17, 15) is 4.79 Å². The van der Waals surface area contributed by atoms with Gasteiger partial charge in [0, 0.05) is 18.2 Å². The molecule has 116 valence electrons. The molecule has 0 spiro atoms. The lowest BCUT2D eigenvalue weighted by Crippen LogP contribution is -2.18. The first-order chi connectivity index (χ1) is 10.7. The normalized spacial score (nSPS) is 10.3. The first kappa shape index (κ1) is 16.0. The van der Waals surface area contributed by atoms with Gasteiger partial charge in [-0.1, -0.05) is 30.3 Å². The monoisotopic (exact) mass is 299 g/mol. The maximum atomic E-state index is 11.7. The molecule has 0 fully saturated rings. The van der Waals surface area contributed by atoms with Crippen LogP contribution < -0.4 is 10.1 Å². The predicted molar refractivity (Wildman–Crippen MR) is 85.9 cm³/mol. The zero-order valence-electron chi connectivity index (χ0n) is 13.0. The quantitative estimate of drug-likeness (QED) is 0.854. The van der Waals surface area contributed by atoms with Crippen LogP contribution in [0.25, 0.3) is 0 Å². The predicted octanol–water partition coefficient (Wildman–Crippen LogP) is 3.16. The minimum Gasteiger partial charge on any atom is -0.494 e. The highest BCUT2D eigenvalue weighted by Crippen LogP contribution is 2.22. The van der Waals surface area contributed by atoms with Gasteiger partial charge in [0.1, 0.15) is 5.75 Å². The Hall–Kier alpha value is -2.33. The lowest BCUT2D eigenvalue weighted by Gasteiger charge is -2.12. The van der Waals surface area contributed by atoms with Gasteiger partial charge in [-0.2, -0.15) is 0 Å². The summed E-state index contributed by atoms with van der Waals surface area (Å²) in [5.41, 5.74) is 2.59. The van der Waals surface area contributed by atoms with Gasteiger partial charge in [-0.25, -0.2) is 0 Å². The minimum atomic E-state index is -0.118. The van der Waals surface area contributed by atoms with Crippen molar-refractivity contribution in [1.82, 2.24) is 5.32 Å². The highest BCUT2D eigenvalue weighted by atomic mass is 16.5. The van der Waals surface area contributed by atoms with E-state index in [2.05, 4.69) is 5.32 Å². The molecular weight excluding hydrogens is 278 g/mol. The Balaban J connectivity index is 2.07. The molecule has 0 saturated carbocycles. The van der Waals surface area contributed by atoms with Crippen LogP contribution in [0.2, 0.25) is 0 Å². The first-order valence-electron chi connectivity index (χ1n) is 7.34. The summed E-state index contributed by atoms with van der Waals surface area (Å²) in [6.07, 6.45) is 0. The highest BCUT2D eigenvalue weighted by molar-refractivity contribution is 5.94. The standard InChI is InChI=1S/C18H21NO3/c1-3-22-17-10-9-15(18(20)19-2)11-16(17)13-21-12-14-7-5-4-6-8-14/h4-11H,3,12-13H2,1-2H3,(H,19,20). The van der Waals surface area contributed by atoms with Crippen molar-refractivity contribution in [3.8, 4) is 5.75 Å². The third-order valence-electron chi connectivity index (χ3n) is 3.22. The van der Waals surface area contributed by atoms with Gasteiger partial charge in [0.25, 0.3) is 5.91 Å². The van der Waals surface area contributed by atoms with Crippen LogP contribution >= 0.6 is 0 Å². The number of hydrogen-bond acceptors (Lipinski definition) is 3. The van der Waals surface area contributed by atoms with E-state index in [4.69, 9.17) is 9.47 Å². The van der Waals surface area contributed by atoms with Crippen LogP contribution in [0.15, 0.2) is 48.5 Å². The molecule has 22 heavy (non-hydrogen) atoms. The fraction of sp³-hybridized carbons (Fsp3) is 0.278. The van der Waals surface area contributed by atoms with Crippen LogP contribution in [-0.2, 0) is 18.0 Å². The van der Waals surface area contributed by atoms with Gasteiger partial charge >= 0.3 is 0 Å². The summed E-state index contributed by atoms with van der Waals surface area (Å²) >= 11 is 0. The van der Waals surface area contributed by atoms with E-state index in [1.54, 1.807) is 13.1 Å². The van der Waals surface area contributed by atoms with E-state index in [0.717, 1.165) is 16.9 Å². The smallest absolute Gasteiger partial charge is 0.251 e.